The van der Waals surface area contributed by atoms with Crippen molar-refractivity contribution in [1.82, 2.24) is 15.5 Å². The van der Waals surface area contributed by atoms with Gasteiger partial charge in [0.1, 0.15) is 0 Å². The van der Waals surface area contributed by atoms with E-state index in [1.54, 1.807) is 18.5 Å². The van der Waals surface area contributed by atoms with Gasteiger partial charge in [-0.2, -0.15) is 5.10 Å². The van der Waals surface area contributed by atoms with Gasteiger partial charge in [0.15, 0.2) is 0 Å². The summed E-state index contributed by atoms with van der Waals surface area (Å²) >= 11 is 8.12. The molecule has 7 heteroatoms. The van der Waals surface area contributed by atoms with Crippen LogP contribution in [-0.2, 0) is 0 Å². The van der Waals surface area contributed by atoms with Gasteiger partial charge in [0.25, 0.3) is 5.91 Å². The molecule has 0 aromatic carbocycles. The second-order valence-electron chi connectivity index (χ2n) is 3.46. The van der Waals surface area contributed by atoms with Gasteiger partial charge in [0.2, 0.25) is 0 Å². The number of halogens is 2. The first-order chi connectivity index (χ1) is 8.08. The Kier molecular flexibility index (Phi) is 4.01. The molecule has 17 heavy (non-hydrogen) atoms. The molecule has 2 rings (SSSR count). The second kappa shape index (κ2) is 5.32. The highest BCUT2D eigenvalue weighted by Crippen LogP contribution is 2.32. The third-order valence-electron chi connectivity index (χ3n) is 2.24. The number of hydrogen-bond donors (Lipinski definition) is 2. The van der Waals surface area contributed by atoms with Gasteiger partial charge >= 0.3 is 0 Å². The molecule has 0 aliphatic rings. The van der Waals surface area contributed by atoms with Crippen molar-refractivity contribution < 1.29 is 4.79 Å². The molecule has 4 nitrogen and oxygen atoms in total. The summed E-state index contributed by atoms with van der Waals surface area (Å²) in [6, 6.07) is 1.73. The molecule has 1 atom stereocenters. The lowest BCUT2D eigenvalue weighted by Crippen LogP contribution is -2.25. The van der Waals surface area contributed by atoms with E-state index in [1.807, 2.05) is 6.92 Å². The molecule has 2 aromatic rings. The average molecular weight is 379 g/mol. The number of hydrogen-bond acceptors (Lipinski definition) is 3. The number of nitrogens with zero attached hydrogens (tertiary/aromatic N) is 1. The fourth-order valence-corrected chi connectivity index (χ4v) is 3.25. The van der Waals surface area contributed by atoms with Crippen LogP contribution in [0.4, 0.5) is 0 Å². The summed E-state index contributed by atoms with van der Waals surface area (Å²) in [5, 5.41) is 9.48. The summed E-state index contributed by atoms with van der Waals surface area (Å²) in [6.07, 6.45) is 3.47. The Hall–Kier alpha value is -0.660. The van der Waals surface area contributed by atoms with Gasteiger partial charge in [-0.25, -0.2) is 0 Å². The van der Waals surface area contributed by atoms with Crippen LogP contribution in [0.3, 0.4) is 0 Å². The summed E-state index contributed by atoms with van der Waals surface area (Å²) in [7, 11) is 0. The molecule has 0 fully saturated rings. The minimum Gasteiger partial charge on any atom is -0.345 e. The van der Waals surface area contributed by atoms with Crippen molar-refractivity contribution in [3.63, 3.8) is 0 Å². The summed E-state index contributed by atoms with van der Waals surface area (Å²) in [4.78, 5) is 12.6. The zero-order valence-corrected chi connectivity index (χ0v) is 12.8. The number of H-pyrrole nitrogens is 1. The van der Waals surface area contributed by atoms with Crippen molar-refractivity contribution in [2.45, 2.75) is 13.0 Å². The van der Waals surface area contributed by atoms with E-state index in [4.69, 9.17) is 0 Å². The van der Waals surface area contributed by atoms with Crippen LogP contribution in [0.1, 0.15) is 28.2 Å². The maximum atomic E-state index is 11.9. The zero-order chi connectivity index (χ0) is 12.4. The molecule has 0 aliphatic carbocycles. The van der Waals surface area contributed by atoms with Crippen molar-refractivity contribution in [3.8, 4) is 0 Å². The fourth-order valence-electron chi connectivity index (χ4n) is 1.31. The third kappa shape index (κ3) is 2.97. The smallest absolute Gasteiger partial charge is 0.261 e. The molecular formula is C10H9Br2N3OS. The largest absolute Gasteiger partial charge is 0.345 e. The van der Waals surface area contributed by atoms with Gasteiger partial charge in [-0.3, -0.25) is 9.89 Å². The summed E-state index contributed by atoms with van der Waals surface area (Å²) in [5.74, 6) is -0.0879. The van der Waals surface area contributed by atoms with Crippen LogP contribution in [0.25, 0.3) is 0 Å². The Morgan fingerprint density at radius 1 is 1.59 bits per heavy atom. The van der Waals surface area contributed by atoms with Crippen molar-refractivity contribution in [2.75, 3.05) is 0 Å². The van der Waals surface area contributed by atoms with E-state index in [1.165, 1.54) is 11.3 Å². The minimum atomic E-state index is -0.0879. The molecule has 1 unspecified atom stereocenters. The van der Waals surface area contributed by atoms with Gasteiger partial charge in [0, 0.05) is 16.2 Å². The number of carbonyl (C=O) groups excluding carboxylic acids is 1. The highest BCUT2D eigenvalue weighted by Gasteiger charge is 2.15. The molecule has 0 bridgehead atoms. The van der Waals surface area contributed by atoms with Crippen LogP contribution in [-0.4, -0.2) is 16.1 Å². The SMILES string of the molecule is CC(NC(=O)c1cc(Br)c(Br)s1)c1cn[nH]c1. The highest BCUT2D eigenvalue weighted by molar-refractivity contribution is 9.13. The normalized spacial score (nSPS) is 12.4. The fraction of sp³-hybridized carbons (Fsp3) is 0.200. The van der Waals surface area contributed by atoms with Crippen LogP contribution in [0.5, 0.6) is 0 Å². The summed E-state index contributed by atoms with van der Waals surface area (Å²) in [6.45, 7) is 1.92. The predicted molar refractivity (Wildman–Crippen MR) is 74.2 cm³/mol. The number of aromatic nitrogens is 2. The summed E-state index contributed by atoms with van der Waals surface area (Å²) < 4.78 is 1.81. The Morgan fingerprint density at radius 3 is 2.88 bits per heavy atom. The van der Waals surface area contributed by atoms with Crippen LogP contribution in [0.2, 0.25) is 0 Å². The maximum absolute atomic E-state index is 11.9. The monoisotopic (exact) mass is 377 g/mol. The topological polar surface area (TPSA) is 57.8 Å². The lowest BCUT2D eigenvalue weighted by Gasteiger charge is -2.10. The Morgan fingerprint density at radius 2 is 2.35 bits per heavy atom. The van der Waals surface area contributed by atoms with Gasteiger partial charge in [0.05, 0.1) is 20.9 Å². The molecule has 0 spiro atoms. The van der Waals surface area contributed by atoms with Crippen molar-refractivity contribution in [2.24, 2.45) is 0 Å². The lowest BCUT2D eigenvalue weighted by molar-refractivity contribution is 0.0944. The van der Waals surface area contributed by atoms with Crippen molar-refractivity contribution >= 4 is 49.1 Å². The molecule has 0 aliphatic heterocycles. The molecule has 0 saturated heterocycles. The predicted octanol–water partition coefficient (Wildman–Crippen LogP) is 3.49. The third-order valence-corrected chi connectivity index (χ3v) is 5.49. The lowest BCUT2D eigenvalue weighted by atomic mass is 10.2. The Balaban J connectivity index is 2.07. The second-order valence-corrected chi connectivity index (χ2v) is 6.68. The molecule has 2 N–H and O–H groups in total. The van der Waals surface area contributed by atoms with Crippen LogP contribution >= 0.6 is 43.2 Å². The molecule has 2 aromatic heterocycles. The average Bonchev–Trinajstić information content (AvgIpc) is 2.89. The number of carbonyl (C=O) groups is 1. The van der Waals surface area contributed by atoms with Gasteiger partial charge in [-0.1, -0.05) is 0 Å². The van der Waals surface area contributed by atoms with E-state index in [-0.39, 0.29) is 11.9 Å². The number of amides is 1. The molecule has 90 valence electrons. The van der Waals surface area contributed by atoms with Gasteiger partial charge in [-0.15, -0.1) is 11.3 Å². The maximum Gasteiger partial charge on any atom is 0.261 e. The highest BCUT2D eigenvalue weighted by atomic mass is 79.9. The van der Waals surface area contributed by atoms with E-state index < -0.39 is 0 Å². The van der Waals surface area contributed by atoms with Crippen molar-refractivity contribution in [1.29, 1.82) is 0 Å². The van der Waals surface area contributed by atoms with E-state index in [9.17, 15) is 4.79 Å². The van der Waals surface area contributed by atoms with Crippen LogP contribution in [0.15, 0.2) is 26.7 Å². The molecule has 1 amide bonds. The zero-order valence-electron chi connectivity index (χ0n) is 8.83. The molecule has 2 heterocycles. The first-order valence-electron chi connectivity index (χ1n) is 4.82. The Bertz CT molecular complexity index is 504. The van der Waals surface area contributed by atoms with Crippen molar-refractivity contribution in [3.05, 3.63) is 37.2 Å². The number of thiophene rings is 1. The van der Waals surface area contributed by atoms with E-state index >= 15 is 0 Å². The first-order valence-corrected chi connectivity index (χ1v) is 7.22. The Labute approximate surface area is 119 Å². The number of nitrogens with one attached hydrogen (secondary N) is 2. The van der Waals surface area contributed by atoms with E-state index in [0.29, 0.717) is 4.88 Å². The van der Waals surface area contributed by atoms with E-state index in [0.717, 1.165) is 13.8 Å². The number of aromatic amines is 1. The first kappa shape index (κ1) is 12.8. The van der Waals surface area contributed by atoms with Gasteiger partial charge in [-0.05, 0) is 44.8 Å². The quantitative estimate of drug-likeness (QED) is 0.858. The number of rotatable bonds is 3. The minimum absolute atomic E-state index is 0.0686. The molecule has 0 saturated carbocycles. The standard InChI is InChI=1S/C10H9Br2N3OS/c1-5(6-3-13-14-4-6)15-10(16)8-2-7(11)9(12)17-8/h2-5H,1H3,(H,13,14)(H,15,16). The summed E-state index contributed by atoms with van der Waals surface area (Å²) in [5.41, 5.74) is 0.952. The van der Waals surface area contributed by atoms with Crippen LogP contribution in [0, 0.1) is 0 Å². The van der Waals surface area contributed by atoms with Gasteiger partial charge < -0.3 is 5.32 Å². The van der Waals surface area contributed by atoms with E-state index in [2.05, 4.69) is 47.4 Å². The molecule has 0 radical (unpaired) electrons. The molecular weight excluding hydrogens is 370 g/mol. The van der Waals surface area contributed by atoms with Crippen LogP contribution < -0.4 is 5.32 Å².